The number of aliphatic imine (C=N–C) groups is 1. The van der Waals surface area contributed by atoms with Crippen molar-refractivity contribution >= 4 is 44.6 Å². The van der Waals surface area contributed by atoms with Gasteiger partial charge in [0.1, 0.15) is 18.2 Å². The number of para-hydroxylation sites is 4. The minimum absolute atomic E-state index is 0.147. The maximum absolute atomic E-state index is 5.28. The van der Waals surface area contributed by atoms with Gasteiger partial charge in [-0.05, 0) is 41.0 Å². The third kappa shape index (κ3) is 5.39. The van der Waals surface area contributed by atoms with Gasteiger partial charge in [0.05, 0.1) is 17.2 Å². The molecule has 3 unspecified atom stereocenters. The molecule has 11 rings (SSSR count). The standard InChI is InChI=1S/C51H39N5/c1-3-15-34(16-4-1)35-27-29-37(30-28-35)50-52-49(36-17-5-2-6-18-36)53-51(54-50)43-22-10-14-26-47(43)56-46-25-13-9-21-41(46)42-32-31-38(33-48(42)56)55-44-23-11-7-19-39(44)40-20-8-12-24-45(40)55/h1-32,38,49,51,53H,33H2,(H,52,54). The van der Waals surface area contributed by atoms with E-state index in [9.17, 15) is 0 Å². The molecule has 9 aromatic rings. The van der Waals surface area contributed by atoms with E-state index in [0.717, 1.165) is 34.6 Å². The lowest BCUT2D eigenvalue weighted by atomic mass is 9.97. The number of hydrogen-bond acceptors (Lipinski definition) is 3. The second-order valence-corrected chi connectivity index (χ2v) is 14.8. The molecule has 0 bridgehead atoms. The summed E-state index contributed by atoms with van der Waals surface area (Å²) in [6.07, 6.45) is 5.17. The number of fused-ring (bicyclic) bond motifs is 6. The SMILES string of the molecule is C1=CC(n2c3ccccc3c3ccccc32)Cc2c1c1ccccc1n2-c1ccccc1C1NC(c2ccc(-c3ccccc3)cc2)=NC(c2ccccc2)N1. The first-order valence-electron chi connectivity index (χ1n) is 19.5. The Labute approximate surface area is 325 Å². The third-order valence-electron chi connectivity index (χ3n) is 11.6. The number of hydrogen-bond donors (Lipinski definition) is 2. The van der Waals surface area contributed by atoms with E-state index in [1.54, 1.807) is 0 Å². The van der Waals surface area contributed by atoms with Crippen molar-refractivity contribution in [2.45, 2.75) is 24.8 Å². The summed E-state index contributed by atoms with van der Waals surface area (Å²) < 4.78 is 5.06. The highest BCUT2D eigenvalue weighted by molar-refractivity contribution is 6.08. The van der Waals surface area contributed by atoms with Crippen molar-refractivity contribution in [3.05, 3.63) is 216 Å². The van der Waals surface area contributed by atoms with Crippen LogP contribution in [0.25, 0.3) is 55.6 Å². The molecular formula is C51H39N5. The summed E-state index contributed by atoms with van der Waals surface area (Å²) in [5.41, 5.74) is 13.2. The molecule has 0 radical (unpaired) electrons. The molecule has 5 nitrogen and oxygen atoms in total. The number of nitrogens with one attached hydrogen (secondary N) is 2. The van der Waals surface area contributed by atoms with Gasteiger partial charge in [-0.15, -0.1) is 0 Å². The second-order valence-electron chi connectivity index (χ2n) is 14.8. The van der Waals surface area contributed by atoms with Crippen molar-refractivity contribution in [2.24, 2.45) is 4.99 Å². The lowest BCUT2D eigenvalue weighted by Gasteiger charge is -2.33. The van der Waals surface area contributed by atoms with Crippen LogP contribution in [0.3, 0.4) is 0 Å². The van der Waals surface area contributed by atoms with Crippen LogP contribution < -0.4 is 10.6 Å². The zero-order valence-corrected chi connectivity index (χ0v) is 30.8. The predicted octanol–water partition coefficient (Wildman–Crippen LogP) is 11.6. The molecule has 0 amide bonds. The molecule has 3 atom stereocenters. The number of amidine groups is 1. The average molecular weight is 722 g/mol. The first-order chi connectivity index (χ1) is 27.8. The Kier molecular flexibility index (Phi) is 7.78. The first-order valence-corrected chi connectivity index (χ1v) is 19.5. The summed E-state index contributed by atoms with van der Waals surface area (Å²) in [5.74, 6) is 0.866. The van der Waals surface area contributed by atoms with E-state index < -0.39 is 0 Å². The molecule has 2 aromatic heterocycles. The summed E-state index contributed by atoms with van der Waals surface area (Å²) in [4.78, 5) is 5.28. The monoisotopic (exact) mass is 721 g/mol. The molecule has 0 fully saturated rings. The number of aromatic nitrogens is 2. The average Bonchev–Trinajstić information content (AvgIpc) is 3.79. The van der Waals surface area contributed by atoms with Crippen LogP contribution in [0.15, 0.2) is 193 Å². The summed E-state index contributed by atoms with van der Waals surface area (Å²) >= 11 is 0. The molecule has 0 saturated heterocycles. The lowest BCUT2D eigenvalue weighted by Crippen LogP contribution is -2.45. The van der Waals surface area contributed by atoms with Crippen molar-refractivity contribution in [1.29, 1.82) is 0 Å². The Morgan fingerprint density at radius 1 is 0.518 bits per heavy atom. The molecular weight excluding hydrogens is 683 g/mol. The van der Waals surface area contributed by atoms with Gasteiger partial charge in [-0.2, -0.15) is 0 Å². The summed E-state index contributed by atoms with van der Waals surface area (Å²) in [6, 6.07) is 65.3. The lowest BCUT2D eigenvalue weighted by molar-refractivity contribution is 0.408. The highest BCUT2D eigenvalue weighted by Crippen LogP contribution is 2.41. The molecule has 5 heteroatoms. The minimum Gasteiger partial charge on any atom is -0.350 e. The van der Waals surface area contributed by atoms with Crippen molar-refractivity contribution in [2.75, 3.05) is 0 Å². The number of rotatable bonds is 6. The predicted molar refractivity (Wildman–Crippen MR) is 231 cm³/mol. The number of allylic oxidation sites excluding steroid dienone is 1. The van der Waals surface area contributed by atoms with Gasteiger partial charge >= 0.3 is 0 Å². The van der Waals surface area contributed by atoms with E-state index in [1.807, 2.05) is 0 Å². The van der Waals surface area contributed by atoms with E-state index in [0.29, 0.717) is 0 Å². The first kappa shape index (κ1) is 32.5. The Morgan fingerprint density at radius 3 is 1.82 bits per heavy atom. The Morgan fingerprint density at radius 2 is 1.09 bits per heavy atom. The van der Waals surface area contributed by atoms with E-state index in [1.165, 1.54) is 55.1 Å². The van der Waals surface area contributed by atoms with Crippen molar-refractivity contribution in [1.82, 2.24) is 19.8 Å². The van der Waals surface area contributed by atoms with Crippen LogP contribution >= 0.6 is 0 Å². The maximum Gasteiger partial charge on any atom is 0.131 e. The summed E-state index contributed by atoms with van der Waals surface area (Å²) in [7, 11) is 0. The van der Waals surface area contributed by atoms with Gasteiger partial charge < -0.3 is 14.5 Å². The topological polar surface area (TPSA) is 46.3 Å². The normalized spacial score (nSPS) is 17.9. The molecule has 0 saturated carbocycles. The van der Waals surface area contributed by atoms with Gasteiger partial charge in [-0.3, -0.25) is 5.32 Å². The Bertz CT molecular complexity index is 2900. The van der Waals surface area contributed by atoms with Crippen LogP contribution in [-0.2, 0) is 6.42 Å². The van der Waals surface area contributed by atoms with Gasteiger partial charge in [0.2, 0.25) is 0 Å². The van der Waals surface area contributed by atoms with Gasteiger partial charge in [0, 0.05) is 56.0 Å². The van der Waals surface area contributed by atoms with Crippen LogP contribution in [0.2, 0.25) is 0 Å². The quantitative estimate of drug-likeness (QED) is 0.180. The van der Waals surface area contributed by atoms with Crippen LogP contribution in [0.1, 0.15) is 46.3 Å². The molecule has 268 valence electrons. The van der Waals surface area contributed by atoms with Crippen molar-refractivity contribution < 1.29 is 0 Å². The minimum atomic E-state index is -0.239. The van der Waals surface area contributed by atoms with E-state index in [4.69, 9.17) is 4.99 Å². The highest BCUT2D eigenvalue weighted by Gasteiger charge is 2.30. The molecule has 2 aliphatic rings. The Hall–Kier alpha value is -6.95. The van der Waals surface area contributed by atoms with E-state index in [2.05, 4.69) is 214 Å². The zero-order chi connectivity index (χ0) is 37.0. The van der Waals surface area contributed by atoms with Gasteiger partial charge in [-0.1, -0.05) is 170 Å². The fourth-order valence-corrected chi connectivity index (χ4v) is 9.00. The van der Waals surface area contributed by atoms with Crippen LogP contribution in [0, 0.1) is 0 Å². The Balaban J connectivity index is 1.03. The second kappa shape index (κ2) is 13.4. The molecule has 56 heavy (non-hydrogen) atoms. The van der Waals surface area contributed by atoms with Crippen LogP contribution in [0.5, 0.6) is 0 Å². The molecule has 7 aromatic carbocycles. The number of nitrogens with zero attached hydrogens (tertiary/aromatic N) is 3. The highest BCUT2D eigenvalue weighted by atomic mass is 15.3. The molecule has 1 aliphatic heterocycles. The number of benzene rings is 7. The summed E-state index contributed by atoms with van der Waals surface area (Å²) in [6.45, 7) is 0. The zero-order valence-electron chi connectivity index (χ0n) is 30.8. The maximum atomic E-state index is 5.28. The van der Waals surface area contributed by atoms with Crippen LogP contribution in [0.4, 0.5) is 0 Å². The van der Waals surface area contributed by atoms with E-state index >= 15 is 0 Å². The molecule has 2 N–H and O–H groups in total. The van der Waals surface area contributed by atoms with Crippen molar-refractivity contribution in [3.63, 3.8) is 0 Å². The molecule has 1 aliphatic carbocycles. The fraction of sp³-hybridized carbons (Fsp3) is 0.0784. The van der Waals surface area contributed by atoms with Crippen molar-refractivity contribution in [3.8, 4) is 16.8 Å². The largest absolute Gasteiger partial charge is 0.350 e. The van der Waals surface area contributed by atoms with E-state index in [-0.39, 0.29) is 18.4 Å². The third-order valence-corrected chi connectivity index (χ3v) is 11.6. The summed E-state index contributed by atoms with van der Waals surface area (Å²) in [5, 5.41) is 11.6. The smallest absolute Gasteiger partial charge is 0.131 e. The fourth-order valence-electron chi connectivity index (χ4n) is 9.00. The van der Waals surface area contributed by atoms with Crippen LogP contribution in [-0.4, -0.2) is 15.0 Å². The molecule has 0 spiro atoms. The van der Waals surface area contributed by atoms with Gasteiger partial charge in [0.15, 0.2) is 0 Å². The van der Waals surface area contributed by atoms with Gasteiger partial charge in [-0.25, -0.2) is 4.99 Å². The van der Waals surface area contributed by atoms with Gasteiger partial charge in [0.25, 0.3) is 0 Å². The molecule has 3 heterocycles.